The minimum absolute atomic E-state index is 0.392. The molecule has 1 unspecified atom stereocenters. The summed E-state index contributed by atoms with van der Waals surface area (Å²) in [5.41, 5.74) is 4.94. The Morgan fingerprint density at radius 2 is 2.00 bits per heavy atom. The molecule has 0 amide bonds. The van der Waals surface area contributed by atoms with Crippen LogP contribution in [0.2, 0.25) is 0 Å². The molecule has 0 spiro atoms. The summed E-state index contributed by atoms with van der Waals surface area (Å²) in [7, 11) is 0. The maximum atomic E-state index is 9.96. The molecule has 0 bridgehead atoms. The second-order valence-electron chi connectivity index (χ2n) is 4.43. The van der Waals surface area contributed by atoms with E-state index in [2.05, 4.69) is 4.90 Å². The lowest BCUT2D eigenvalue weighted by molar-refractivity contribution is 0.0322. The van der Waals surface area contributed by atoms with Gasteiger partial charge < -0.3 is 15.7 Å². The molecule has 84 valence electrons. The predicted octanol–water partition coefficient (Wildman–Crippen LogP) is 0.962. The van der Waals surface area contributed by atoms with E-state index in [0.29, 0.717) is 6.54 Å². The third-order valence-electron chi connectivity index (χ3n) is 3.35. The van der Waals surface area contributed by atoms with Crippen LogP contribution in [0.1, 0.15) is 39.0 Å². The topological polar surface area (TPSA) is 49.5 Å². The number of nitrogens with two attached hydrogens (primary N) is 1. The molecule has 0 aromatic rings. The van der Waals surface area contributed by atoms with Crippen molar-refractivity contribution in [1.82, 2.24) is 4.90 Å². The van der Waals surface area contributed by atoms with Crippen LogP contribution >= 0.6 is 0 Å². The average Bonchev–Trinajstić information content (AvgIpc) is 2.70. The lowest BCUT2D eigenvalue weighted by Crippen LogP contribution is -2.37. The summed E-state index contributed by atoms with van der Waals surface area (Å²) >= 11 is 0. The number of likely N-dealkylation sites (tertiary alicyclic amines) is 1. The molecule has 0 aromatic heterocycles. The van der Waals surface area contributed by atoms with Gasteiger partial charge in [0.2, 0.25) is 0 Å². The highest BCUT2D eigenvalue weighted by Gasteiger charge is 2.22. The van der Waals surface area contributed by atoms with E-state index in [1.807, 2.05) is 6.92 Å². The van der Waals surface area contributed by atoms with E-state index in [9.17, 15) is 5.11 Å². The van der Waals surface area contributed by atoms with Crippen LogP contribution in [0.15, 0.2) is 0 Å². The Labute approximate surface area is 87.3 Å². The molecule has 0 radical (unpaired) electrons. The van der Waals surface area contributed by atoms with Gasteiger partial charge in [0.05, 0.1) is 5.60 Å². The van der Waals surface area contributed by atoms with E-state index in [0.717, 1.165) is 25.8 Å². The zero-order valence-electron chi connectivity index (χ0n) is 9.34. The maximum absolute atomic E-state index is 9.96. The molecular formula is C11H24N2O. The Kier molecular flexibility index (Phi) is 4.85. The number of hydrogen-bond acceptors (Lipinski definition) is 3. The van der Waals surface area contributed by atoms with Crippen LogP contribution in [0.5, 0.6) is 0 Å². The molecule has 3 heteroatoms. The summed E-state index contributed by atoms with van der Waals surface area (Å²) in [6, 6.07) is 0. The van der Waals surface area contributed by atoms with Crippen LogP contribution in [0, 0.1) is 0 Å². The van der Waals surface area contributed by atoms with Crippen LogP contribution in [0.25, 0.3) is 0 Å². The SMILES string of the molecule is CCC(O)(CN)CCCN1CCCC1. The van der Waals surface area contributed by atoms with E-state index in [-0.39, 0.29) is 0 Å². The van der Waals surface area contributed by atoms with Crippen molar-refractivity contribution < 1.29 is 5.11 Å². The normalized spacial score (nSPS) is 22.5. The van der Waals surface area contributed by atoms with Crippen LogP contribution in [0.3, 0.4) is 0 Å². The first-order valence-electron chi connectivity index (χ1n) is 5.85. The number of hydrogen-bond donors (Lipinski definition) is 2. The Morgan fingerprint density at radius 3 is 2.50 bits per heavy atom. The van der Waals surface area contributed by atoms with E-state index >= 15 is 0 Å². The zero-order valence-corrected chi connectivity index (χ0v) is 9.34. The standard InChI is InChI=1S/C11H24N2O/c1-2-11(14,10-12)6-5-9-13-7-3-4-8-13/h14H,2-10,12H2,1H3. The van der Waals surface area contributed by atoms with Crippen molar-refractivity contribution in [1.29, 1.82) is 0 Å². The first-order chi connectivity index (χ1) is 6.70. The van der Waals surface area contributed by atoms with Gasteiger partial charge in [-0.15, -0.1) is 0 Å². The average molecular weight is 200 g/mol. The summed E-state index contributed by atoms with van der Waals surface area (Å²) < 4.78 is 0. The van der Waals surface area contributed by atoms with Gasteiger partial charge in [0.15, 0.2) is 0 Å². The molecule has 1 aliphatic heterocycles. The quantitative estimate of drug-likeness (QED) is 0.671. The van der Waals surface area contributed by atoms with Gasteiger partial charge in [-0.3, -0.25) is 0 Å². The van der Waals surface area contributed by atoms with Gasteiger partial charge in [0.25, 0.3) is 0 Å². The van der Waals surface area contributed by atoms with Crippen molar-refractivity contribution in [2.75, 3.05) is 26.2 Å². The number of rotatable bonds is 6. The molecule has 3 nitrogen and oxygen atoms in total. The first kappa shape index (κ1) is 12.0. The van der Waals surface area contributed by atoms with Gasteiger partial charge >= 0.3 is 0 Å². The van der Waals surface area contributed by atoms with Gasteiger partial charge in [-0.1, -0.05) is 6.92 Å². The Bertz CT molecular complexity index is 151. The van der Waals surface area contributed by atoms with Gasteiger partial charge in [-0.2, -0.15) is 0 Å². The molecule has 0 aliphatic carbocycles. The van der Waals surface area contributed by atoms with E-state index in [1.54, 1.807) is 0 Å². The molecule has 1 atom stereocenters. The molecule has 0 aromatic carbocycles. The lowest BCUT2D eigenvalue weighted by atomic mass is 9.95. The van der Waals surface area contributed by atoms with E-state index < -0.39 is 5.60 Å². The maximum Gasteiger partial charge on any atom is 0.0767 e. The fourth-order valence-corrected chi connectivity index (χ4v) is 2.06. The summed E-state index contributed by atoms with van der Waals surface area (Å²) in [4.78, 5) is 2.48. The van der Waals surface area contributed by atoms with Gasteiger partial charge in [0, 0.05) is 6.54 Å². The molecule has 1 saturated heterocycles. The van der Waals surface area contributed by atoms with E-state index in [1.165, 1.54) is 25.9 Å². The molecule has 14 heavy (non-hydrogen) atoms. The second-order valence-corrected chi connectivity index (χ2v) is 4.43. The Balaban J connectivity index is 2.12. The fraction of sp³-hybridized carbons (Fsp3) is 1.00. The van der Waals surface area contributed by atoms with Gasteiger partial charge in [0.1, 0.15) is 0 Å². The van der Waals surface area contributed by atoms with Crippen molar-refractivity contribution in [3.05, 3.63) is 0 Å². The van der Waals surface area contributed by atoms with Crippen LogP contribution in [0.4, 0.5) is 0 Å². The summed E-state index contributed by atoms with van der Waals surface area (Å²) in [6.07, 6.45) is 5.37. The van der Waals surface area contributed by atoms with Crippen molar-refractivity contribution in [3.8, 4) is 0 Å². The molecule has 1 fully saturated rings. The highest BCUT2D eigenvalue weighted by atomic mass is 16.3. The summed E-state index contributed by atoms with van der Waals surface area (Å²) in [5.74, 6) is 0. The lowest BCUT2D eigenvalue weighted by Gasteiger charge is -2.25. The van der Waals surface area contributed by atoms with E-state index in [4.69, 9.17) is 5.73 Å². The van der Waals surface area contributed by atoms with Gasteiger partial charge in [-0.05, 0) is 51.7 Å². The van der Waals surface area contributed by atoms with Crippen LogP contribution < -0.4 is 5.73 Å². The van der Waals surface area contributed by atoms with Crippen LogP contribution in [-0.4, -0.2) is 41.8 Å². The zero-order chi connectivity index (χ0) is 10.4. The van der Waals surface area contributed by atoms with Gasteiger partial charge in [-0.25, -0.2) is 0 Å². The third-order valence-corrected chi connectivity index (χ3v) is 3.35. The molecule has 1 aliphatic rings. The summed E-state index contributed by atoms with van der Waals surface area (Å²) in [5, 5.41) is 9.96. The number of nitrogens with zero attached hydrogens (tertiary/aromatic N) is 1. The van der Waals surface area contributed by atoms with Crippen molar-refractivity contribution >= 4 is 0 Å². The Hall–Kier alpha value is -0.120. The monoisotopic (exact) mass is 200 g/mol. The van der Waals surface area contributed by atoms with Crippen LogP contribution in [-0.2, 0) is 0 Å². The van der Waals surface area contributed by atoms with Crippen molar-refractivity contribution in [2.24, 2.45) is 5.73 Å². The Morgan fingerprint density at radius 1 is 1.36 bits per heavy atom. The smallest absolute Gasteiger partial charge is 0.0767 e. The fourth-order valence-electron chi connectivity index (χ4n) is 2.06. The predicted molar refractivity (Wildman–Crippen MR) is 59.2 cm³/mol. The largest absolute Gasteiger partial charge is 0.389 e. The first-order valence-corrected chi connectivity index (χ1v) is 5.85. The summed E-state index contributed by atoms with van der Waals surface area (Å²) in [6.45, 7) is 6.01. The molecule has 1 heterocycles. The number of aliphatic hydroxyl groups is 1. The minimum Gasteiger partial charge on any atom is -0.389 e. The molecular weight excluding hydrogens is 176 g/mol. The molecule has 3 N–H and O–H groups in total. The molecule has 1 rings (SSSR count). The van der Waals surface area contributed by atoms with Crippen molar-refractivity contribution in [2.45, 2.75) is 44.6 Å². The highest BCUT2D eigenvalue weighted by molar-refractivity contribution is 4.78. The third kappa shape index (κ3) is 3.56. The minimum atomic E-state index is -0.611. The van der Waals surface area contributed by atoms with Crippen molar-refractivity contribution in [3.63, 3.8) is 0 Å². The highest BCUT2D eigenvalue weighted by Crippen LogP contribution is 2.17. The molecule has 0 saturated carbocycles. The second kappa shape index (κ2) is 5.69.